The zero-order chi connectivity index (χ0) is 18.3. The molecule has 1 fully saturated rings. The molecular weight excluding hydrogens is 342 g/mol. The smallest absolute Gasteiger partial charge is 0.313 e. The monoisotopic (exact) mass is 369 g/mol. The highest BCUT2D eigenvalue weighted by Crippen LogP contribution is 2.47. The molecule has 1 saturated heterocycles. The zero-order valence-electron chi connectivity index (χ0n) is 15.0. The van der Waals surface area contributed by atoms with Gasteiger partial charge in [-0.2, -0.15) is 11.8 Å². The van der Waals surface area contributed by atoms with Gasteiger partial charge in [-0.05, 0) is 31.9 Å². The second kappa shape index (κ2) is 9.27. The summed E-state index contributed by atoms with van der Waals surface area (Å²) in [6, 6.07) is 0. The Kier molecular flexibility index (Phi) is 7.35. The number of cyclic esters (lactones) is 1. The number of hydrogen-bond donors (Lipinski definition) is 1. The summed E-state index contributed by atoms with van der Waals surface area (Å²) in [4.78, 5) is 29.7. The number of thioether (sulfide) groups is 1. The van der Waals surface area contributed by atoms with Gasteiger partial charge in [0.1, 0.15) is 18.5 Å². The van der Waals surface area contributed by atoms with Crippen molar-refractivity contribution in [2.75, 3.05) is 18.1 Å². The van der Waals surface area contributed by atoms with Gasteiger partial charge in [0, 0.05) is 36.8 Å². The minimum Gasteiger partial charge on any atom is -0.512 e. The normalized spacial score (nSPS) is 26.7. The zero-order valence-corrected chi connectivity index (χ0v) is 15.8. The largest absolute Gasteiger partial charge is 0.512 e. The maximum Gasteiger partial charge on any atom is 0.313 e. The summed E-state index contributed by atoms with van der Waals surface area (Å²) < 4.78 is 5.45. The van der Waals surface area contributed by atoms with Crippen LogP contribution in [0.3, 0.4) is 0 Å². The second-order valence-electron chi connectivity index (χ2n) is 6.47. The van der Waals surface area contributed by atoms with Gasteiger partial charge < -0.3 is 14.7 Å². The number of ketones is 1. The van der Waals surface area contributed by atoms with Gasteiger partial charge in [0.25, 0.3) is 0 Å². The molecule has 0 aromatic heterocycles. The lowest BCUT2D eigenvalue weighted by Gasteiger charge is -2.29. The molecule has 2 aliphatic rings. The number of esters is 1. The molecule has 1 N–H and O–H groups in total. The highest BCUT2D eigenvalue weighted by atomic mass is 32.2. The van der Waals surface area contributed by atoms with E-state index in [9.17, 15) is 14.7 Å². The van der Waals surface area contributed by atoms with Crippen LogP contribution >= 0.6 is 11.8 Å². The third-order valence-corrected chi connectivity index (χ3v) is 5.58. The lowest BCUT2D eigenvalue weighted by atomic mass is 9.71. The second-order valence-corrected chi connectivity index (χ2v) is 7.79. The Morgan fingerprint density at radius 1 is 1.40 bits per heavy atom. The Hall–Kier alpha value is -1.50. The maximum absolute atomic E-state index is 12.5. The first-order valence-corrected chi connectivity index (χ1v) is 10.0. The molecule has 0 aromatic rings. The van der Waals surface area contributed by atoms with Crippen LogP contribution in [0.5, 0.6) is 0 Å². The number of unbranched alkanes of at least 4 members (excludes halogenated alkanes) is 1. The van der Waals surface area contributed by atoms with E-state index in [1.165, 1.54) is 0 Å². The van der Waals surface area contributed by atoms with Crippen molar-refractivity contribution in [3.8, 4) is 0 Å². The standard InChI is InChI=1S/C18H27NO5S/c1-3-23-19-8-6-5-7-14-15(20)10-18(11-16(14)21)9-13(12-25-4-2)24-17(18)22/h8,13,20H,3-7,9-12H2,1-2H3. The van der Waals surface area contributed by atoms with Crippen molar-refractivity contribution < 1.29 is 24.3 Å². The van der Waals surface area contributed by atoms with E-state index in [0.717, 1.165) is 11.5 Å². The number of carbonyl (C=O) groups is 2. The molecule has 140 valence electrons. The van der Waals surface area contributed by atoms with Crippen LogP contribution in [0.25, 0.3) is 0 Å². The number of oxime groups is 1. The summed E-state index contributed by atoms with van der Waals surface area (Å²) in [5.41, 5.74) is -0.408. The number of allylic oxidation sites excluding steroid dienone is 2. The van der Waals surface area contributed by atoms with E-state index in [2.05, 4.69) is 12.1 Å². The van der Waals surface area contributed by atoms with Gasteiger partial charge in [-0.3, -0.25) is 9.59 Å². The lowest BCUT2D eigenvalue weighted by Crippen LogP contribution is -2.35. The Morgan fingerprint density at radius 2 is 2.20 bits per heavy atom. The molecule has 2 atom stereocenters. The van der Waals surface area contributed by atoms with Crippen molar-refractivity contribution in [2.24, 2.45) is 10.6 Å². The quantitative estimate of drug-likeness (QED) is 0.290. The number of Topliss-reactive ketones (excluding diaryl/α,β-unsaturated/α-hetero) is 1. The minimum absolute atomic E-state index is 0.0544. The van der Waals surface area contributed by atoms with E-state index in [1.807, 2.05) is 6.92 Å². The van der Waals surface area contributed by atoms with Crippen LogP contribution in [0.2, 0.25) is 0 Å². The predicted octanol–water partition coefficient (Wildman–Crippen LogP) is 3.41. The van der Waals surface area contributed by atoms with Crippen LogP contribution in [-0.4, -0.2) is 47.3 Å². The van der Waals surface area contributed by atoms with Gasteiger partial charge in [-0.25, -0.2) is 0 Å². The van der Waals surface area contributed by atoms with Crippen molar-refractivity contribution in [3.63, 3.8) is 0 Å². The van der Waals surface area contributed by atoms with Gasteiger partial charge in [-0.15, -0.1) is 0 Å². The number of hydrogen-bond acceptors (Lipinski definition) is 7. The van der Waals surface area contributed by atoms with Crippen LogP contribution in [0.15, 0.2) is 16.5 Å². The summed E-state index contributed by atoms with van der Waals surface area (Å²) >= 11 is 1.72. The first-order valence-electron chi connectivity index (χ1n) is 8.89. The first kappa shape index (κ1) is 19.8. The number of rotatable bonds is 9. The van der Waals surface area contributed by atoms with E-state index in [1.54, 1.807) is 18.0 Å². The molecule has 0 amide bonds. The molecule has 1 aliphatic heterocycles. The summed E-state index contributed by atoms with van der Waals surface area (Å²) in [7, 11) is 0. The molecule has 0 bridgehead atoms. The van der Waals surface area contributed by atoms with Crippen LogP contribution in [0, 0.1) is 5.41 Å². The van der Waals surface area contributed by atoms with E-state index in [4.69, 9.17) is 9.57 Å². The number of nitrogens with zero attached hydrogens (tertiary/aromatic N) is 1. The Labute approximate surface area is 153 Å². The van der Waals surface area contributed by atoms with Crippen molar-refractivity contribution >= 4 is 29.7 Å². The molecule has 1 aliphatic carbocycles. The Balaban J connectivity index is 1.94. The van der Waals surface area contributed by atoms with Gasteiger partial charge in [0.15, 0.2) is 5.78 Å². The molecular formula is C18H27NO5S. The SMILES string of the molecule is CCON=CCCCC1=C(O)CC2(CC1=O)CC(CSCC)OC2=O. The van der Waals surface area contributed by atoms with Gasteiger partial charge in [-0.1, -0.05) is 12.1 Å². The Morgan fingerprint density at radius 3 is 2.88 bits per heavy atom. The highest BCUT2D eigenvalue weighted by Gasteiger charge is 2.53. The fraction of sp³-hybridized carbons (Fsp3) is 0.722. The lowest BCUT2D eigenvalue weighted by molar-refractivity contribution is -0.150. The van der Waals surface area contributed by atoms with E-state index < -0.39 is 5.41 Å². The molecule has 1 heterocycles. The van der Waals surface area contributed by atoms with Crippen LogP contribution in [0.1, 0.15) is 52.4 Å². The number of aliphatic hydroxyl groups excluding tert-OH is 1. The minimum atomic E-state index is -0.861. The Bertz CT molecular complexity index is 560. The van der Waals surface area contributed by atoms with Crippen molar-refractivity contribution in [1.82, 2.24) is 0 Å². The van der Waals surface area contributed by atoms with Gasteiger partial charge in [0.05, 0.1) is 5.41 Å². The average Bonchev–Trinajstić information content (AvgIpc) is 2.86. The predicted molar refractivity (Wildman–Crippen MR) is 97.8 cm³/mol. The topological polar surface area (TPSA) is 85.2 Å². The molecule has 0 aromatic carbocycles. The van der Waals surface area contributed by atoms with E-state index in [0.29, 0.717) is 37.9 Å². The van der Waals surface area contributed by atoms with Gasteiger partial charge in [0.2, 0.25) is 0 Å². The molecule has 25 heavy (non-hydrogen) atoms. The average molecular weight is 369 g/mol. The van der Waals surface area contributed by atoms with Crippen LogP contribution in [0.4, 0.5) is 0 Å². The summed E-state index contributed by atoms with van der Waals surface area (Å²) in [6.45, 7) is 4.44. The van der Waals surface area contributed by atoms with Crippen LogP contribution in [-0.2, 0) is 19.2 Å². The number of ether oxygens (including phenoxy) is 1. The molecule has 1 spiro atoms. The van der Waals surface area contributed by atoms with Gasteiger partial charge >= 0.3 is 5.97 Å². The first-order chi connectivity index (χ1) is 12.0. The summed E-state index contributed by atoms with van der Waals surface area (Å²) in [5.74, 6) is 1.29. The van der Waals surface area contributed by atoms with E-state index >= 15 is 0 Å². The molecule has 0 radical (unpaired) electrons. The number of aliphatic hydroxyl groups is 1. The third kappa shape index (κ3) is 5.00. The summed E-state index contributed by atoms with van der Waals surface area (Å²) in [5, 5.41) is 14.1. The van der Waals surface area contributed by atoms with Crippen molar-refractivity contribution in [1.29, 1.82) is 0 Å². The molecule has 2 rings (SSSR count). The molecule has 0 saturated carbocycles. The van der Waals surface area contributed by atoms with Crippen molar-refractivity contribution in [3.05, 3.63) is 11.3 Å². The fourth-order valence-corrected chi connectivity index (χ4v) is 4.05. The van der Waals surface area contributed by atoms with Crippen LogP contribution < -0.4 is 0 Å². The number of carbonyl (C=O) groups excluding carboxylic acids is 2. The molecule has 6 nitrogen and oxygen atoms in total. The highest BCUT2D eigenvalue weighted by molar-refractivity contribution is 7.99. The molecule has 7 heteroatoms. The maximum atomic E-state index is 12.5. The van der Waals surface area contributed by atoms with Crippen molar-refractivity contribution in [2.45, 2.75) is 58.5 Å². The fourth-order valence-electron chi connectivity index (χ4n) is 3.37. The summed E-state index contributed by atoms with van der Waals surface area (Å²) in [6.07, 6.45) is 4.25. The molecule has 2 unspecified atom stereocenters. The third-order valence-electron chi connectivity index (χ3n) is 4.56. The van der Waals surface area contributed by atoms with E-state index in [-0.39, 0.29) is 36.5 Å².